The zero-order valence-electron chi connectivity index (χ0n) is 14.5. The van der Waals surface area contributed by atoms with E-state index < -0.39 is 5.97 Å². The van der Waals surface area contributed by atoms with Gasteiger partial charge in [0, 0.05) is 18.3 Å². The zero-order chi connectivity index (χ0) is 19.1. The number of pyridine rings is 1. The molecular formula is C19H15N3O5. The van der Waals surface area contributed by atoms with Crippen LogP contribution >= 0.6 is 0 Å². The minimum atomic E-state index is -1.03. The van der Waals surface area contributed by atoms with E-state index in [0.29, 0.717) is 39.3 Å². The summed E-state index contributed by atoms with van der Waals surface area (Å²) < 4.78 is 12.0. The molecule has 0 fully saturated rings. The number of hydrogen-bond acceptors (Lipinski definition) is 5. The largest absolute Gasteiger partial charge is 0.497 e. The second-order valence-electron chi connectivity index (χ2n) is 5.87. The van der Waals surface area contributed by atoms with E-state index in [1.165, 1.54) is 23.9 Å². The molecule has 136 valence electrons. The smallest absolute Gasteiger partial charge is 0.335 e. The molecule has 0 radical (unpaired) electrons. The summed E-state index contributed by atoms with van der Waals surface area (Å²) >= 11 is 0. The van der Waals surface area contributed by atoms with Gasteiger partial charge in [0.1, 0.15) is 17.2 Å². The Hall–Kier alpha value is -3.81. The molecule has 0 bridgehead atoms. The lowest BCUT2D eigenvalue weighted by Gasteiger charge is -2.10. The Morgan fingerprint density at radius 3 is 2.52 bits per heavy atom. The maximum absolute atomic E-state index is 12.8. The Morgan fingerprint density at radius 2 is 1.89 bits per heavy atom. The van der Waals surface area contributed by atoms with E-state index in [1.54, 1.807) is 37.6 Å². The van der Waals surface area contributed by atoms with Crippen LogP contribution in [0.1, 0.15) is 10.4 Å². The van der Waals surface area contributed by atoms with Crippen molar-refractivity contribution < 1.29 is 19.4 Å². The number of ether oxygens (including phenoxy) is 2. The number of benzene rings is 2. The molecule has 2 aromatic rings. The van der Waals surface area contributed by atoms with Crippen LogP contribution in [-0.4, -0.2) is 40.1 Å². The maximum atomic E-state index is 12.8. The number of carbonyl (C=O) groups is 1. The van der Waals surface area contributed by atoms with Crippen LogP contribution in [0.2, 0.25) is 0 Å². The summed E-state index contributed by atoms with van der Waals surface area (Å²) in [5, 5.41) is 14.1. The van der Waals surface area contributed by atoms with Gasteiger partial charge in [-0.3, -0.25) is 4.79 Å². The molecule has 2 aromatic carbocycles. The van der Waals surface area contributed by atoms with Gasteiger partial charge in [0.2, 0.25) is 0 Å². The summed E-state index contributed by atoms with van der Waals surface area (Å²) in [6, 6.07) is 9.47. The van der Waals surface area contributed by atoms with Crippen molar-refractivity contribution in [3.8, 4) is 28.4 Å². The zero-order valence-corrected chi connectivity index (χ0v) is 14.5. The SMILES string of the molecule is COc1cc(OC)c2c3nn(-c4ccc(C(=O)O)cc4)c(=O)c-3c[nH]c2c1. The number of hydrogen-bond donors (Lipinski definition) is 2. The molecule has 0 saturated heterocycles. The highest BCUT2D eigenvalue weighted by atomic mass is 16.5. The lowest BCUT2D eigenvalue weighted by molar-refractivity contribution is 0.0697. The van der Waals surface area contributed by atoms with Crippen LogP contribution in [0, 0.1) is 0 Å². The molecule has 0 unspecified atom stereocenters. The highest BCUT2D eigenvalue weighted by Crippen LogP contribution is 2.36. The number of fused-ring (bicyclic) bond motifs is 3. The first-order valence-corrected chi connectivity index (χ1v) is 8.03. The molecule has 8 heteroatoms. The van der Waals surface area contributed by atoms with Gasteiger partial charge < -0.3 is 19.6 Å². The fourth-order valence-corrected chi connectivity index (χ4v) is 3.03. The molecule has 0 saturated carbocycles. The summed E-state index contributed by atoms with van der Waals surface area (Å²) in [7, 11) is 3.09. The number of carboxylic acid groups (broad SMARTS) is 1. The van der Waals surface area contributed by atoms with Crippen molar-refractivity contribution in [1.29, 1.82) is 0 Å². The van der Waals surface area contributed by atoms with Crippen molar-refractivity contribution in [1.82, 2.24) is 14.8 Å². The van der Waals surface area contributed by atoms with Gasteiger partial charge >= 0.3 is 5.97 Å². The van der Waals surface area contributed by atoms with E-state index >= 15 is 0 Å². The van der Waals surface area contributed by atoms with Gasteiger partial charge in [0.15, 0.2) is 0 Å². The summed E-state index contributed by atoms with van der Waals surface area (Å²) in [4.78, 5) is 26.9. The van der Waals surface area contributed by atoms with E-state index in [-0.39, 0.29) is 11.1 Å². The quantitative estimate of drug-likeness (QED) is 0.576. The first-order chi connectivity index (χ1) is 13.0. The topological polar surface area (TPSA) is 106 Å². The molecule has 8 nitrogen and oxygen atoms in total. The van der Waals surface area contributed by atoms with Gasteiger partial charge in [0.25, 0.3) is 5.56 Å². The number of aromatic carboxylic acids is 1. The van der Waals surface area contributed by atoms with E-state index in [0.717, 1.165) is 0 Å². The van der Waals surface area contributed by atoms with Crippen LogP contribution in [0.25, 0.3) is 27.8 Å². The molecule has 2 aliphatic heterocycles. The first-order valence-electron chi connectivity index (χ1n) is 8.03. The monoisotopic (exact) mass is 365 g/mol. The predicted octanol–water partition coefficient (Wildman–Crippen LogP) is 2.53. The minimum absolute atomic E-state index is 0.135. The van der Waals surface area contributed by atoms with Gasteiger partial charge in [-0.05, 0) is 24.3 Å². The predicted molar refractivity (Wildman–Crippen MR) is 98.4 cm³/mol. The van der Waals surface area contributed by atoms with E-state index in [1.807, 2.05) is 0 Å². The Bertz CT molecular complexity index is 1190. The Labute approximate surface area is 152 Å². The minimum Gasteiger partial charge on any atom is -0.497 e. The second-order valence-corrected chi connectivity index (χ2v) is 5.87. The highest BCUT2D eigenvalue weighted by Gasteiger charge is 2.22. The third kappa shape index (κ3) is 2.58. The third-order valence-electron chi connectivity index (χ3n) is 4.38. The molecule has 4 rings (SSSR count). The lowest BCUT2D eigenvalue weighted by atomic mass is 10.1. The molecule has 0 atom stereocenters. The van der Waals surface area contributed by atoms with Crippen molar-refractivity contribution in [2.75, 3.05) is 14.2 Å². The van der Waals surface area contributed by atoms with Crippen LogP contribution in [0.15, 0.2) is 47.4 Å². The van der Waals surface area contributed by atoms with Crippen LogP contribution in [0.3, 0.4) is 0 Å². The van der Waals surface area contributed by atoms with Gasteiger partial charge in [-0.15, -0.1) is 0 Å². The number of H-pyrrole nitrogens is 1. The molecule has 0 aromatic heterocycles. The lowest BCUT2D eigenvalue weighted by Crippen LogP contribution is -2.14. The van der Waals surface area contributed by atoms with Crippen LogP contribution in [0.4, 0.5) is 0 Å². The van der Waals surface area contributed by atoms with Crippen molar-refractivity contribution in [2.24, 2.45) is 0 Å². The first kappa shape index (κ1) is 16.6. The van der Waals surface area contributed by atoms with Crippen molar-refractivity contribution in [3.05, 3.63) is 58.5 Å². The van der Waals surface area contributed by atoms with Crippen LogP contribution in [-0.2, 0) is 0 Å². The molecular weight excluding hydrogens is 350 g/mol. The Balaban J connectivity index is 1.98. The molecule has 0 aliphatic carbocycles. The molecule has 2 heterocycles. The molecule has 2 aliphatic rings. The highest BCUT2D eigenvalue weighted by molar-refractivity contribution is 5.98. The molecule has 0 spiro atoms. The average molecular weight is 365 g/mol. The van der Waals surface area contributed by atoms with Crippen LogP contribution < -0.4 is 15.0 Å². The standard InChI is InChI=1S/C19H15N3O5/c1-26-12-7-14-16(15(8-12)27-2)17-13(9-20-14)18(23)22(21-17)11-5-3-10(4-6-11)19(24)25/h3-9,20H,1-2H3,(H,24,25). The normalized spacial score (nSPS) is 11.0. The number of methoxy groups -OCH3 is 2. The number of aromatic nitrogens is 3. The van der Waals surface area contributed by atoms with E-state index in [2.05, 4.69) is 10.1 Å². The van der Waals surface area contributed by atoms with Gasteiger partial charge in [-0.2, -0.15) is 9.78 Å². The summed E-state index contributed by atoms with van der Waals surface area (Å²) in [6.07, 6.45) is 1.59. The summed E-state index contributed by atoms with van der Waals surface area (Å²) in [6.45, 7) is 0. The van der Waals surface area contributed by atoms with Gasteiger partial charge in [-0.25, -0.2) is 4.79 Å². The number of carboxylic acids is 1. The Kier molecular flexibility index (Phi) is 3.80. The number of nitrogens with one attached hydrogen (secondary N) is 1. The van der Waals surface area contributed by atoms with E-state index in [9.17, 15) is 9.59 Å². The fourth-order valence-electron chi connectivity index (χ4n) is 3.03. The number of nitrogens with zero attached hydrogens (tertiary/aromatic N) is 2. The molecule has 2 N–H and O–H groups in total. The third-order valence-corrected chi connectivity index (χ3v) is 4.38. The van der Waals surface area contributed by atoms with Crippen molar-refractivity contribution >= 4 is 16.9 Å². The van der Waals surface area contributed by atoms with Crippen LogP contribution in [0.5, 0.6) is 11.5 Å². The van der Waals surface area contributed by atoms with Crippen molar-refractivity contribution in [3.63, 3.8) is 0 Å². The average Bonchev–Trinajstić information content (AvgIpc) is 3.03. The van der Waals surface area contributed by atoms with Gasteiger partial charge in [0.05, 0.1) is 41.9 Å². The molecule has 0 amide bonds. The van der Waals surface area contributed by atoms with Gasteiger partial charge in [-0.1, -0.05) is 0 Å². The molecule has 27 heavy (non-hydrogen) atoms. The number of rotatable bonds is 4. The number of aromatic amines is 1. The summed E-state index contributed by atoms with van der Waals surface area (Å²) in [5.41, 5.74) is 1.88. The van der Waals surface area contributed by atoms with Crippen molar-refractivity contribution in [2.45, 2.75) is 0 Å². The van der Waals surface area contributed by atoms with E-state index in [4.69, 9.17) is 14.6 Å². The maximum Gasteiger partial charge on any atom is 0.335 e. The summed E-state index contributed by atoms with van der Waals surface area (Å²) in [5.74, 6) is 0.104. The Morgan fingerprint density at radius 1 is 1.15 bits per heavy atom. The fraction of sp³-hybridized carbons (Fsp3) is 0.105. The second kappa shape index (κ2) is 6.17.